The molecular weight excluding hydrogens is 372 g/mol. The Kier molecular flexibility index (Phi) is 5.48. The van der Waals surface area contributed by atoms with Crippen LogP contribution in [0.3, 0.4) is 0 Å². The Labute approximate surface area is 164 Å². The van der Waals surface area contributed by atoms with Gasteiger partial charge in [-0.2, -0.15) is 0 Å². The third-order valence-corrected chi connectivity index (χ3v) is 5.36. The summed E-state index contributed by atoms with van der Waals surface area (Å²) >= 11 is 0. The van der Waals surface area contributed by atoms with Crippen LogP contribution in [0.5, 0.6) is 5.75 Å². The molecule has 0 fully saturated rings. The summed E-state index contributed by atoms with van der Waals surface area (Å²) in [6, 6.07) is 15.1. The molecule has 3 aromatic rings. The Morgan fingerprint density at radius 2 is 1.82 bits per heavy atom. The van der Waals surface area contributed by atoms with Gasteiger partial charge in [0.05, 0.1) is 15.3 Å². The Hall–Kier alpha value is -3.56. The smallest absolute Gasteiger partial charge is 0.264 e. The molecule has 0 aliphatic rings. The first-order chi connectivity index (χ1) is 13.3. The second-order valence-electron chi connectivity index (χ2n) is 6.19. The van der Waals surface area contributed by atoms with E-state index in [4.69, 9.17) is 0 Å². The van der Waals surface area contributed by atoms with E-state index in [9.17, 15) is 14.1 Å². The number of phenols is 1. The van der Waals surface area contributed by atoms with Gasteiger partial charge in [-0.05, 0) is 54.8 Å². The number of hydrogen-bond donors (Lipinski definition) is 2. The van der Waals surface area contributed by atoms with Gasteiger partial charge in [0.2, 0.25) is 0 Å². The van der Waals surface area contributed by atoms with Gasteiger partial charge >= 0.3 is 0 Å². The van der Waals surface area contributed by atoms with Crippen molar-refractivity contribution >= 4 is 21.5 Å². The molecule has 0 saturated heterocycles. The summed E-state index contributed by atoms with van der Waals surface area (Å²) in [5.74, 6) is 9.05. The largest absolute Gasteiger partial charge is 0.508 e. The van der Waals surface area contributed by atoms with Crippen molar-refractivity contribution in [2.24, 2.45) is 0 Å². The van der Waals surface area contributed by atoms with Crippen LogP contribution < -0.4 is 4.72 Å². The molecule has 6 heteroatoms. The summed E-state index contributed by atoms with van der Waals surface area (Å²) in [7, 11) is -2.99. The van der Waals surface area contributed by atoms with Crippen LogP contribution in [0.1, 0.15) is 27.0 Å². The number of pyridine rings is 1. The number of nitrogens with zero attached hydrogens (tertiary/aromatic N) is 1. The molecule has 1 atom stereocenters. The first-order valence-corrected chi connectivity index (χ1v) is 10.1. The zero-order chi connectivity index (χ0) is 20.1. The van der Waals surface area contributed by atoms with Crippen molar-refractivity contribution in [3.63, 3.8) is 0 Å². The monoisotopic (exact) mass is 390 g/mol. The average molecular weight is 390 g/mol. The van der Waals surface area contributed by atoms with Crippen molar-refractivity contribution in [3.8, 4) is 17.6 Å². The van der Waals surface area contributed by atoms with Crippen LogP contribution in [-0.4, -0.2) is 26.1 Å². The Morgan fingerprint density at radius 1 is 1.07 bits per heavy atom. The number of aryl methyl sites for hydroxylation is 1. The van der Waals surface area contributed by atoms with E-state index in [2.05, 4.69) is 27.4 Å². The lowest BCUT2D eigenvalue weighted by atomic mass is 10.1. The maximum absolute atomic E-state index is 12.8. The lowest BCUT2D eigenvalue weighted by Gasteiger charge is -2.12. The number of carbonyl (C=O) groups excluding carboxylic acids is 1. The number of benzene rings is 2. The Bertz CT molecular complexity index is 1210. The van der Waals surface area contributed by atoms with E-state index < -0.39 is 15.6 Å². The van der Waals surface area contributed by atoms with Crippen LogP contribution in [0.25, 0.3) is 0 Å². The molecule has 1 heterocycles. The van der Waals surface area contributed by atoms with Gasteiger partial charge < -0.3 is 5.11 Å². The van der Waals surface area contributed by atoms with Gasteiger partial charge in [-0.15, -0.1) is 0 Å². The predicted octanol–water partition coefficient (Wildman–Crippen LogP) is 2.92. The molecule has 0 spiro atoms. The van der Waals surface area contributed by atoms with Gasteiger partial charge in [-0.3, -0.25) is 14.5 Å². The summed E-state index contributed by atoms with van der Waals surface area (Å²) in [6.45, 7) is 1.87. The minimum atomic E-state index is -2.99. The SMILES string of the molecule is C=S(=O)(NC(=O)c1cncc(C#Cc2cccc(O)c2)c1)c1cccc(C)c1. The van der Waals surface area contributed by atoms with Crippen molar-refractivity contribution in [1.82, 2.24) is 9.71 Å². The normalized spacial score (nSPS) is 12.3. The highest BCUT2D eigenvalue weighted by Gasteiger charge is 2.14. The quantitative estimate of drug-likeness (QED) is 0.532. The minimum Gasteiger partial charge on any atom is -0.508 e. The lowest BCUT2D eigenvalue weighted by molar-refractivity contribution is 0.0982. The van der Waals surface area contributed by atoms with Gasteiger partial charge in [0.15, 0.2) is 0 Å². The molecule has 3 rings (SSSR count). The summed E-state index contributed by atoms with van der Waals surface area (Å²) in [5.41, 5.74) is 2.30. The van der Waals surface area contributed by atoms with Crippen molar-refractivity contribution in [2.75, 3.05) is 0 Å². The molecule has 0 saturated carbocycles. The standard InChI is InChI=1S/C22H18N2O3S/c1-16-5-3-8-21(11-16)28(2,27)24-22(26)19-12-18(14-23-15-19)10-9-17-6-4-7-20(25)13-17/h3-8,11-15,25H,2H2,1H3,(H,24,26,27). The fourth-order valence-electron chi connectivity index (χ4n) is 2.45. The number of amides is 1. The number of nitrogens with one attached hydrogen (secondary N) is 1. The summed E-state index contributed by atoms with van der Waals surface area (Å²) in [4.78, 5) is 17.0. The van der Waals surface area contributed by atoms with Crippen LogP contribution in [-0.2, 0) is 9.71 Å². The molecule has 0 aliphatic carbocycles. The second-order valence-corrected chi connectivity index (χ2v) is 8.21. The molecule has 0 bridgehead atoms. The highest BCUT2D eigenvalue weighted by atomic mass is 32.2. The van der Waals surface area contributed by atoms with Gasteiger partial charge in [0.25, 0.3) is 5.91 Å². The van der Waals surface area contributed by atoms with E-state index in [1.165, 1.54) is 18.5 Å². The van der Waals surface area contributed by atoms with E-state index in [-0.39, 0.29) is 11.3 Å². The van der Waals surface area contributed by atoms with E-state index in [1.54, 1.807) is 42.5 Å². The zero-order valence-electron chi connectivity index (χ0n) is 15.2. The summed E-state index contributed by atoms with van der Waals surface area (Å²) in [5, 5.41) is 9.48. The first kappa shape index (κ1) is 19.2. The Morgan fingerprint density at radius 3 is 2.57 bits per heavy atom. The zero-order valence-corrected chi connectivity index (χ0v) is 16.0. The summed E-state index contributed by atoms with van der Waals surface area (Å²) in [6.07, 6.45) is 2.90. The van der Waals surface area contributed by atoms with Crippen LogP contribution in [0.2, 0.25) is 0 Å². The maximum Gasteiger partial charge on any atom is 0.264 e. The molecule has 1 amide bonds. The molecule has 140 valence electrons. The lowest BCUT2D eigenvalue weighted by Crippen LogP contribution is -2.30. The number of phenolic OH excluding ortho intramolecular Hbond substituents is 1. The van der Waals surface area contributed by atoms with E-state index in [0.29, 0.717) is 16.0 Å². The Balaban J connectivity index is 1.81. The molecule has 1 aromatic heterocycles. The van der Waals surface area contributed by atoms with Gasteiger partial charge in [-0.25, -0.2) is 4.21 Å². The molecule has 1 unspecified atom stereocenters. The average Bonchev–Trinajstić information content (AvgIpc) is 2.66. The molecule has 0 aliphatic heterocycles. The third-order valence-electron chi connectivity index (χ3n) is 3.83. The van der Waals surface area contributed by atoms with Crippen LogP contribution in [0, 0.1) is 18.8 Å². The molecule has 0 radical (unpaired) electrons. The van der Waals surface area contributed by atoms with Crippen LogP contribution in [0.15, 0.2) is 71.9 Å². The third kappa shape index (κ3) is 4.78. The number of aromatic hydroxyl groups is 1. The van der Waals surface area contributed by atoms with E-state index in [1.807, 2.05) is 13.0 Å². The summed E-state index contributed by atoms with van der Waals surface area (Å²) < 4.78 is 15.3. The maximum atomic E-state index is 12.8. The van der Waals surface area contributed by atoms with Gasteiger partial charge in [0.1, 0.15) is 5.75 Å². The first-order valence-electron chi connectivity index (χ1n) is 8.36. The molecular formula is C22H18N2O3S. The van der Waals surface area contributed by atoms with Crippen molar-refractivity contribution in [2.45, 2.75) is 11.8 Å². The minimum absolute atomic E-state index is 0.124. The number of hydrogen-bond acceptors (Lipinski definition) is 4. The molecule has 2 N–H and O–H groups in total. The molecule has 2 aromatic carbocycles. The number of rotatable bonds is 3. The second kappa shape index (κ2) is 7.99. The predicted molar refractivity (Wildman–Crippen MR) is 110 cm³/mol. The van der Waals surface area contributed by atoms with Crippen LogP contribution in [0.4, 0.5) is 0 Å². The van der Waals surface area contributed by atoms with Crippen molar-refractivity contribution < 1.29 is 14.1 Å². The van der Waals surface area contributed by atoms with E-state index >= 15 is 0 Å². The fourth-order valence-corrected chi connectivity index (χ4v) is 3.66. The molecule has 28 heavy (non-hydrogen) atoms. The highest BCUT2D eigenvalue weighted by molar-refractivity contribution is 7.99. The molecule has 5 nitrogen and oxygen atoms in total. The topological polar surface area (TPSA) is 79.3 Å². The van der Waals surface area contributed by atoms with Crippen LogP contribution >= 0.6 is 0 Å². The van der Waals surface area contributed by atoms with Crippen molar-refractivity contribution in [1.29, 1.82) is 0 Å². The highest BCUT2D eigenvalue weighted by Crippen LogP contribution is 2.12. The van der Waals surface area contributed by atoms with Gasteiger partial charge in [-0.1, -0.05) is 30.0 Å². The fraction of sp³-hybridized carbons (Fsp3) is 0.0455. The number of carbonyl (C=O) groups is 1. The number of aromatic nitrogens is 1. The van der Waals surface area contributed by atoms with Gasteiger partial charge in [0, 0.05) is 28.4 Å². The van der Waals surface area contributed by atoms with Crippen molar-refractivity contribution in [3.05, 3.63) is 89.2 Å². The van der Waals surface area contributed by atoms with E-state index in [0.717, 1.165) is 5.56 Å².